The fourth-order valence-corrected chi connectivity index (χ4v) is 4.26. The zero-order chi connectivity index (χ0) is 22.0. The first-order valence-corrected chi connectivity index (χ1v) is 10.2. The predicted molar refractivity (Wildman–Crippen MR) is 117 cm³/mol. The second-order valence-electron chi connectivity index (χ2n) is 6.47. The summed E-state index contributed by atoms with van der Waals surface area (Å²) in [6.45, 7) is 0. The van der Waals surface area contributed by atoms with Gasteiger partial charge in [-0.05, 0) is 36.4 Å². The summed E-state index contributed by atoms with van der Waals surface area (Å²) in [6, 6.07) is 18.6. The van der Waals surface area contributed by atoms with Crippen molar-refractivity contribution in [1.82, 2.24) is 0 Å². The van der Waals surface area contributed by atoms with Gasteiger partial charge in [-0.25, -0.2) is 4.79 Å². The maximum Gasteiger partial charge on any atom is 0.416 e. The lowest BCUT2D eigenvalue weighted by molar-refractivity contribution is -0.137. The van der Waals surface area contributed by atoms with Crippen LogP contribution in [0.5, 0.6) is 5.75 Å². The minimum Gasteiger partial charge on any atom is -0.422 e. The molecule has 1 aromatic heterocycles. The lowest BCUT2D eigenvalue weighted by Gasteiger charge is -2.07. The number of halogens is 4. The van der Waals surface area contributed by atoms with E-state index in [0.717, 1.165) is 22.2 Å². The van der Waals surface area contributed by atoms with Crippen LogP contribution in [-0.4, -0.2) is 12.2 Å². The molecule has 4 aromatic rings. The van der Waals surface area contributed by atoms with Crippen molar-refractivity contribution < 1.29 is 22.7 Å². The summed E-state index contributed by atoms with van der Waals surface area (Å²) in [5.41, 5.74) is -0.227. The van der Waals surface area contributed by atoms with Gasteiger partial charge >= 0.3 is 12.1 Å². The number of ether oxygens (including phenoxy) is 1. The van der Waals surface area contributed by atoms with Crippen LogP contribution in [0.15, 0.2) is 77.8 Å². The van der Waals surface area contributed by atoms with Crippen molar-refractivity contribution in [3.8, 4) is 5.75 Å². The standard InChI is InChI=1S/C23H13ClF3NO2S/c24-20-17-9-2-4-11-19(17)31-21(20)22(29)30-18-10-3-1-6-14(18)13-28-16-8-5-7-15(12-16)23(25,26)27/h1-13H. The van der Waals surface area contributed by atoms with Crippen LogP contribution < -0.4 is 4.74 Å². The van der Waals surface area contributed by atoms with E-state index >= 15 is 0 Å². The normalized spacial score (nSPS) is 11.9. The lowest BCUT2D eigenvalue weighted by Crippen LogP contribution is -2.08. The average Bonchev–Trinajstić information content (AvgIpc) is 3.10. The summed E-state index contributed by atoms with van der Waals surface area (Å²) < 4.78 is 45.1. The minimum atomic E-state index is -4.46. The van der Waals surface area contributed by atoms with Crippen LogP contribution >= 0.6 is 22.9 Å². The minimum absolute atomic E-state index is 0.128. The molecule has 0 aliphatic heterocycles. The molecule has 0 unspecified atom stereocenters. The smallest absolute Gasteiger partial charge is 0.416 e. The first-order chi connectivity index (χ1) is 14.8. The summed E-state index contributed by atoms with van der Waals surface area (Å²) in [5.74, 6) is -0.400. The third kappa shape index (κ3) is 4.62. The van der Waals surface area contributed by atoms with Crippen molar-refractivity contribution in [3.63, 3.8) is 0 Å². The Morgan fingerprint density at radius 1 is 1.00 bits per heavy atom. The predicted octanol–water partition coefficient (Wildman–Crippen LogP) is 7.54. The number of alkyl halides is 3. The molecule has 156 valence electrons. The molecule has 3 nitrogen and oxygen atoms in total. The number of hydrogen-bond acceptors (Lipinski definition) is 4. The summed E-state index contributed by atoms with van der Waals surface area (Å²) in [4.78, 5) is 17.1. The van der Waals surface area contributed by atoms with Gasteiger partial charge in [-0.1, -0.05) is 48.0 Å². The fraction of sp³-hybridized carbons (Fsp3) is 0.0435. The third-order valence-corrected chi connectivity index (χ3v) is 6.02. The second-order valence-corrected chi connectivity index (χ2v) is 7.91. The molecule has 4 rings (SSSR count). The Morgan fingerprint density at radius 3 is 2.52 bits per heavy atom. The molecule has 0 spiro atoms. The van der Waals surface area contributed by atoms with Gasteiger partial charge in [-0.15, -0.1) is 11.3 Å². The van der Waals surface area contributed by atoms with Crippen LogP contribution in [0.2, 0.25) is 5.02 Å². The van der Waals surface area contributed by atoms with Crippen LogP contribution in [0.4, 0.5) is 18.9 Å². The Morgan fingerprint density at radius 2 is 1.74 bits per heavy atom. The highest BCUT2D eigenvalue weighted by atomic mass is 35.5. The zero-order valence-corrected chi connectivity index (χ0v) is 17.3. The van der Waals surface area contributed by atoms with Gasteiger partial charge in [0.05, 0.1) is 16.3 Å². The Balaban J connectivity index is 1.60. The summed E-state index contributed by atoms with van der Waals surface area (Å²) in [7, 11) is 0. The van der Waals surface area contributed by atoms with Crippen LogP contribution in [0.1, 0.15) is 20.8 Å². The Labute approximate surface area is 184 Å². The number of fused-ring (bicyclic) bond motifs is 1. The van der Waals surface area contributed by atoms with Gasteiger partial charge in [0, 0.05) is 21.9 Å². The van der Waals surface area contributed by atoms with Crippen molar-refractivity contribution in [2.75, 3.05) is 0 Å². The topological polar surface area (TPSA) is 38.7 Å². The monoisotopic (exact) mass is 459 g/mol. The lowest BCUT2D eigenvalue weighted by atomic mass is 10.2. The van der Waals surface area contributed by atoms with E-state index in [4.69, 9.17) is 16.3 Å². The molecule has 1 heterocycles. The van der Waals surface area contributed by atoms with Crippen molar-refractivity contribution in [3.05, 3.63) is 93.8 Å². The maximum atomic E-state index is 12.9. The van der Waals surface area contributed by atoms with Crippen molar-refractivity contribution in [1.29, 1.82) is 0 Å². The molecule has 0 atom stereocenters. The van der Waals surface area contributed by atoms with Gasteiger partial charge in [0.2, 0.25) is 0 Å². The summed E-state index contributed by atoms with van der Waals surface area (Å²) in [5, 5.41) is 1.08. The van der Waals surface area contributed by atoms with Crippen LogP contribution in [0, 0.1) is 0 Å². The van der Waals surface area contributed by atoms with E-state index in [9.17, 15) is 18.0 Å². The number of rotatable bonds is 4. The average molecular weight is 460 g/mol. The largest absolute Gasteiger partial charge is 0.422 e. The molecule has 0 radical (unpaired) electrons. The third-order valence-electron chi connectivity index (χ3n) is 4.37. The summed E-state index contributed by atoms with van der Waals surface area (Å²) >= 11 is 7.57. The van der Waals surface area contributed by atoms with Crippen molar-refractivity contribution >= 4 is 50.9 Å². The fourth-order valence-electron chi connectivity index (χ4n) is 2.88. The number of hydrogen-bond donors (Lipinski definition) is 0. The number of thiophene rings is 1. The highest BCUT2D eigenvalue weighted by Gasteiger charge is 2.30. The van der Waals surface area contributed by atoms with Crippen molar-refractivity contribution in [2.24, 2.45) is 4.99 Å². The zero-order valence-electron chi connectivity index (χ0n) is 15.7. The number of aliphatic imine (C=N–C) groups is 1. The van der Waals surface area contributed by atoms with Gasteiger partial charge in [0.1, 0.15) is 10.6 Å². The quantitative estimate of drug-likeness (QED) is 0.179. The van der Waals surface area contributed by atoms with Gasteiger partial charge in [-0.2, -0.15) is 13.2 Å². The molecule has 8 heteroatoms. The second kappa shape index (κ2) is 8.53. The van der Waals surface area contributed by atoms with E-state index in [1.165, 1.54) is 29.7 Å². The number of benzene rings is 3. The molecule has 0 aliphatic rings. The molecule has 0 fully saturated rings. The number of carbonyl (C=O) groups is 1. The number of carbonyl (C=O) groups excluding carboxylic acids is 1. The molecular formula is C23H13ClF3NO2S. The molecule has 3 aromatic carbocycles. The highest BCUT2D eigenvalue weighted by Crippen LogP contribution is 2.36. The Kier molecular flexibility index (Phi) is 5.80. The van der Waals surface area contributed by atoms with Gasteiger partial charge in [0.25, 0.3) is 0 Å². The van der Waals surface area contributed by atoms with Crippen LogP contribution in [0.25, 0.3) is 10.1 Å². The van der Waals surface area contributed by atoms with Crippen LogP contribution in [0.3, 0.4) is 0 Å². The summed E-state index contributed by atoms with van der Waals surface area (Å²) in [6.07, 6.45) is -3.10. The molecule has 0 saturated heterocycles. The van der Waals surface area contributed by atoms with E-state index in [0.29, 0.717) is 10.6 Å². The van der Waals surface area contributed by atoms with E-state index in [-0.39, 0.29) is 16.3 Å². The first-order valence-electron chi connectivity index (χ1n) is 9.02. The Bertz CT molecular complexity index is 1300. The van der Waals surface area contributed by atoms with Gasteiger partial charge < -0.3 is 4.74 Å². The van der Waals surface area contributed by atoms with E-state index < -0.39 is 17.7 Å². The molecule has 31 heavy (non-hydrogen) atoms. The Hall–Kier alpha value is -3.16. The number of esters is 1. The molecule has 0 saturated carbocycles. The molecule has 0 N–H and O–H groups in total. The molecule has 0 aliphatic carbocycles. The van der Waals surface area contributed by atoms with E-state index in [1.54, 1.807) is 24.3 Å². The van der Waals surface area contributed by atoms with Gasteiger partial charge in [-0.3, -0.25) is 4.99 Å². The maximum absolute atomic E-state index is 12.9. The number of para-hydroxylation sites is 1. The number of nitrogens with zero attached hydrogens (tertiary/aromatic N) is 1. The SMILES string of the molecule is O=C(Oc1ccccc1C=Nc1cccc(C(F)(F)F)c1)c1sc2ccccc2c1Cl. The van der Waals surface area contributed by atoms with E-state index in [2.05, 4.69) is 4.99 Å². The van der Waals surface area contributed by atoms with Gasteiger partial charge in [0.15, 0.2) is 0 Å². The van der Waals surface area contributed by atoms with Crippen molar-refractivity contribution in [2.45, 2.75) is 6.18 Å². The first kappa shape index (κ1) is 21.1. The highest BCUT2D eigenvalue weighted by molar-refractivity contribution is 7.21. The molecular weight excluding hydrogens is 447 g/mol. The van der Waals surface area contributed by atoms with E-state index in [1.807, 2.05) is 24.3 Å². The van der Waals surface area contributed by atoms with Crippen LogP contribution in [-0.2, 0) is 6.18 Å². The molecule has 0 amide bonds. The molecule has 0 bridgehead atoms.